The zero-order valence-corrected chi connectivity index (χ0v) is 10.7. The Balaban J connectivity index is 2.34. The minimum Gasteiger partial charge on any atom is -0.443 e. The van der Waals surface area contributed by atoms with Crippen LogP contribution >= 0.6 is 0 Å². The molecule has 0 bridgehead atoms. The summed E-state index contributed by atoms with van der Waals surface area (Å²) in [6.45, 7) is 7.96. The number of nitrogens with one attached hydrogen (secondary N) is 2. The van der Waals surface area contributed by atoms with Crippen molar-refractivity contribution in [3.8, 4) is 0 Å². The first-order valence-corrected chi connectivity index (χ1v) is 5.50. The highest BCUT2D eigenvalue weighted by Crippen LogP contribution is 2.06. The van der Waals surface area contributed by atoms with E-state index in [4.69, 9.17) is 4.74 Å². The Kier molecular flexibility index (Phi) is 4.45. The molecule has 1 aromatic rings. The van der Waals surface area contributed by atoms with Crippen molar-refractivity contribution in [2.75, 3.05) is 0 Å². The van der Waals surface area contributed by atoms with Crippen LogP contribution < -0.4 is 10.9 Å². The van der Waals surface area contributed by atoms with E-state index in [2.05, 4.69) is 15.8 Å². The molecule has 5 nitrogen and oxygen atoms in total. The van der Waals surface area contributed by atoms with Gasteiger partial charge in [0, 0.05) is 18.9 Å². The van der Waals surface area contributed by atoms with E-state index in [1.165, 1.54) is 0 Å². The van der Waals surface area contributed by atoms with Crippen molar-refractivity contribution >= 4 is 6.09 Å². The van der Waals surface area contributed by atoms with Crippen LogP contribution in [0.15, 0.2) is 18.5 Å². The van der Waals surface area contributed by atoms with E-state index in [-0.39, 0.29) is 0 Å². The van der Waals surface area contributed by atoms with Crippen LogP contribution in [0, 0.1) is 6.92 Å². The van der Waals surface area contributed by atoms with E-state index >= 15 is 0 Å². The largest absolute Gasteiger partial charge is 0.443 e. The predicted molar refractivity (Wildman–Crippen MR) is 65.2 cm³/mol. The predicted octanol–water partition coefficient (Wildman–Crippen LogP) is 1.92. The lowest BCUT2D eigenvalue weighted by Gasteiger charge is -2.19. The third kappa shape index (κ3) is 5.31. The molecule has 1 amide bonds. The van der Waals surface area contributed by atoms with Crippen LogP contribution in [0.25, 0.3) is 0 Å². The Labute approximate surface area is 102 Å². The Morgan fingerprint density at radius 3 is 2.76 bits per heavy atom. The summed E-state index contributed by atoms with van der Waals surface area (Å²) in [5.74, 6) is 0. The molecule has 94 valence electrons. The van der Waals surface area contributed by atoms with Gasteiger partial charge in [-0.3, -0.25) is 10.4 Å². The van der Waals surface area contributed by atoms with Gasteiger partial charge in [-0.2, -0.15) is 0 Å². The molecule has 0 aromatic carbocycles. The van der Waals surface area contributed by atoms with Gasteiger partial charge in [0.1, 0.15) is 5.60 Å². The highest BCUT2D eigenvalue weighted by atomic mass is 16.6. The molecule has 0 radical (unpaired) electrons. The summed E-state index contributed by atoms with van der Waals surface area (Å²) in [6.07, 6.45) is 3.01. The maximum absolute atomic E-state index is 11.3. The van der Waals surface area contributed by atoms with E-state index in [0.717, 1.165) is 11.1 Å². The summed E-state index contributed by atoms with van der Waals surface area (Å²) >= 11 is 0. The standard InChI is InChI=1S/C12H19N3O2/c1-9-5-6-13-7-10(9)8-14-15-11(16)17-12(2,3)4/h5-7,14H,8H2,1-4H3,(H,15,16). The fourth-order valence-corrected chi connectivity index (χ4v) is 1.20. The van der Waals surface area contributed by atoms with Crippen molar-refractivity contribution in [2.45, 2.75) is 39.8 Å². The van der Waals surface area contributed by atoms with Gasteiger partial charge in [0.05, 0.1) is 0 Å². The number of amides is 1. The maximum atomic E-state index is 11.3. The number of carbonyl (C=O) groups excluding carboxylic acids is 1. The molecule has 0 atom stereocenters. The molecular weight excluding hydrogens is 218 g/mol. The quantitative estimate of drug-likeness (QED) is 0.788. The Bertz CT molecular complexity index is 386. The first-order valence-electron chi connectivity index (χ1n) is 5.50. The van der Waals surface area contributed by atoms with Crippen molar-refractivity contribution in [1.82, 2.24) is 15.8 Å². The van der Waals surface area contributed by atoms with Gasteiger partial charge in [-0.05, 0) is 44.9 Å². The Morgan fingerprint density at radius 1 is 1.47 bits per heavy atom. The smallest absolute Gasteiger partial charge is 0.422 e. The number of pyridine rings is 1. The molecule has 17 heavy (non-hydrogen) atoms. The molecule has 0 saturated heterocycles. The number of nitrogens with zero attached hydrogens (tertiary/aromatic N) is 1. The second-order valence-corrected chi connectivity index (χ2v) is 4.78. The van der Waals surface area contributed by atoms with Crippen LogP contribution in [0.4, 0.5) is 4.79 Å². The lowest BCUT2D eigenvalue weighted by Crippen LogP contribution is -2.40. The molecule has 2 N–H and O–H groups in total. The van der Waals surface area contributed by atoms with Gasteiger partial charge in [0.2, 0.25) is 0 Å². The van der Waals surface area contributed by atoms with E-state index < -0.39 is 11.7 Å². The number of rotatable bonds is 3. The molecule has 0 fully saturated rings. The van der Waals surface area contributed by atoms with E-state index in [1.54, 1.807) is 12.4 Å². The number of hydrogen-bond acceptors (Lipinski definition) is 4. The lowest BCUT2D eigenvalue weighted by molar-refractivity contribution is 0.0497. The molecule has 0 unspecified atom stereocenters. The van der Waals surface area contributed by atoms with Crippen molar-refractivity contribution in [3.05, 3.63) is 29.6 Å². The maximum Gasteiger partial charge on any atom is 0.422 e. The second-order valence-electron chi connectivity index (χ2n) is 4.78. The SMILES string of the molecule is Cc1ccncc1CNNC(=O)OC(C)(C)C. The van der Waals surface area contributed by atoms with Gasteiger partial charge in [0.15, 0.2) is 0 Å². The third-order valence-electron chi connectivity index (χ3n) is 2.02. The molecule has 0 aliphatic rings. The molecule has 5 heteroatoms. The normalized spacial score (nSPS) is 11.1. The fraction of sp³-hybridized carbons (Fsp3) is 0.500. The van der Waals surface area contributed by atoms with Crippen LogP contribution in [-0.2, 0) is 11.3 Å². The highest BCUT2D eigenvalue weighted by Gasteiger charge is 2.15. The van der Waals surface area contributed by atoms with Crippen molar-refractivity contribution in [3.63, 3.8) is 0 Å². The average Bonchev–Trinajstić information content (AvgIpc) is 2.18. The van der Waals surface area contributed by atoms with Crippen LogP contribution in [0.5, 0.6) is 0 Å². The Hall–Kier alpha value is -1.62. The summed E-state index contributed by atoms with van der Waals surface area (Å²) in [5.41, 5.74) is 6.94. The third-order valence-corrected chi connectivity index (χ3v) is 2.02. The van der Waals surface area contributed by atoms with E-state index in [9.17, 15) is 4.79 Å². The molecule has 1 aromatic heterocycles. The van der Waals surface area contributed by atoms with Gasteiger partial charge in [-0.1, -0.05) is 0 Å². The molecule has 0 spiro atoms. The number of carbonyl (C=O) groups is 1. The minimum absolute atomic E-state index is 0.487. The minimum atomic E-state index is -0.490. The van der Waals surface area contributed by atoms with E-state index in [1.807, 2.05) is 33.8 Å². The lowest BCUT2D eigenvalue weighted by atomic mass is 10.2. The van der Waals surface area contributed by atoms with Gasteiger partial charge in [0.25, 0.3) is 0 Å². The number of ether oxygens (including phenoxy) is 1. The average molecular weight is 237 g/mol. The highest BCUT2D eigenvalue weighted by molar-refractivity contribution is 5.66. The van der Waals surface area contributed by atoms with Crippen molar-refractivity contribution in [1.29, 1.82) is 0 Å². The summed E-state index contributed by atoms with van der Waals surface area (Å²) in [7, 11) is 0. The van der Waals surface area contributed by atoms with Gasteiger partial charge in [-0.15, -0.1) is 0 Å². The zero-order chi connectivity index (χ0) is 12.9. The van der Waals surface area contributed by atoms with Crippen LogP contribution in [0.2, 0.25) is 0 Å². The van der Waals surface area contributed by atoms with E-state index in [0.29, 0.717) is 6.54 Å². The summed E-state index contributed by atoms with van der Waals surface area (Å²) in [4.78, 5) is 15.3. The monoisotopic (exact) mass is 237 g/mol. The topological polar surface area (TPSA) is 63.2 Å². The van der Waals surface area contributed by atoms with Crippen LogP contribution in [0.1, 0.15) is 31.9 Å². The molecular formula is C12H19N3O2. The number of hydrogen-bond donors (Lipinski definition) is 2. The summed E-state index contributed by atoms with van der Waals surface area (Å²) < 4.78 is 5.08. The fourth-order valence-electron chi connectivity index (χ4n) is 1.20. The zero-order valence-electron chi connectivity index (χ0n) is 10.7. The first kappa shape index (κ1) is 13.4. The van der Waals surface area contributed by atoms with Crippen molar-refractivity contribution in [2.24, 2.45) is 0 Å². The molecule has 0 aliphatic heterocycles. The van der Waals surface area contributed by atoms with Crippen LogP contribution in [-0.4, -0.2) is 16.7 Å². The number of aryl methyl sites for hydroxylation is 1. The Morgan fingerprint density at radius 2 is 2.18 bits per heavy atom. The van der Waals surface area contributed by atoms with Gasteiger partial charge in [-0.25, -0.2) is 10.2 Å². The molecule has 1 rings (SSSR count). The second kappa shape index (κ2) is 5.63. The number of hydrazine groups is 1. The molecule has 0 aliphatic carbocycles. The summed E-state index contributed by atoms with van der Waals surface area (Å²) in [5, 5.41) is 0. The van der Waals surface area contributed by atoms with Crippen molar-refractivity contribution < 1.29 is 9.53 Å². The van der Waals surface area contributed by atoms with Gasteiger partial charge >= 0.3 is 6.09 Å². The molecule has 0 saturated carbocycles. The van der Waals surface area contributed by atoms with Crippen LogP contribution in [0.3, 0.4) is 0 Å². The first-order chi connectivity index (χ1) is 7.88. The van der Waals surface area contributed by atoms with Gasteiger partial charge < -0.3 is 4.74 Å². The molecule has 1 heterocycles. The summed E-state index contributed by atoms with van der Waals surface area (Å²) in [6, 6.07) is 1.92. The number of aromatic nitrogens is 1.